The fourth-order valence-corrected chi connectivity index (χ4v) is 0.568. The molecule has 0 unspecified atom stereocenters. The third kappa shape index (κ3) is 9.62. The normalized spacial score (nSPS) is 11.1. The first-order chi connectivity index (χ1) is 5.41. The lowest BCUT2D eigenvalue weighted by molar-refractivity contribution is -0.332. The van der Waals surface area contributed by atoms with Gasteiger partial charge in [0.2, 0.25) is 0 Å². The first kappa shape index (κ1) is 10.6. The molecule has 0 aromatic rings. The number of unbranched alkanes of at least 4 members (excludes halogenated alkanes) is 1. The summed E-state index contributed by atoms with van der Waals surface area (Å²) < 4.78 is 4.61. The lowest BCUT2D eigenvalue weighted by atomic mass is 10.3. The summed E-state index contributed by atoms with van der Waals surface area (Å²) in [7, 11) is 1.56. The molecule has 66 valence electrons. The zero-order valence-corrected chi connectivity index (χ0v) is 7.21. The minimum atomic E-state index is 0.198. The van der Waals surface area contributed by atoms with Crippen molar-refractivity contribution >= 4 is 0 Å². The number of hydrogen-bond donors (Lipinski definition) is 0. The Morgan fingerprint density at radius 3 is 2.73 bits per heavy atom. The van der Waals surface area contributed by atoms with E-state index in [1.165, 1.54) is 0 Å². The van der Waals surface area contributed by atoms with Crippen molar-refractivity contribution in [3.8, 4) is 0 Å². The zero-order chi connectivity index (χ0) is 8.36. The van der Waals surface area contributed by atoms with Crippen molar-refractivity contribution in [2.24, 2.45) is 0 Å². The Hall–Kier alpha value is -0.380. The van der Waals surface area contributed by atoms with E-state index >= 15 is 0 Å². The predicted molar refractivity (Wildman–Crippen MR) is 43.0 cm³/mol. The summed E-state index contributed by atoms with van der Waals surface area (Å²) >= 11 is 0. The van der Waals surface area contributed by atoms with Crippen molar-refractivity contribution in [3.05, 3.63) is 12.2 Å². The molecule has 0 rings (SSSR count). The van der Waals surface area contributed by atoms with E-state index in [-0.39, 0.29) is 6.79 Å². The van der Waals surface area contributed by atoms with Gasteiger partial charge in [0, 0.05) is 7.11 Å². The van der Waals surface area contributed by atoms with Gasteiger partial charge in [0.15, 0.2) is 6.79 Å². The molecule has 0 fully saturated rings. The molecule has 0 saturated heterocycles. The van der Waals surface area contributed by atoms with Crippen LogP contribution in [0.3, 0.4) is 0 Å². The van der Waals surface area contributed by atoms with Crippen molar-refractivity contribution in [2.45, 2.75) is 19.8 Å². The lowest BCUT2D eigenvalue weighted by Crippen LogP contribution is -1.99. The SMILES string of the molecule is C/C=C/CCCOOCOC. The van der Waals surface area contributed by atoms with Gasteiger partial charge in [0.25, 0.3) is 0 Å². The summed E-state index contributed by atoms with van der Waals surface area (Å²) in [6, 6.07) is 0. The van der Waals surface area contributed by atoms with Gasteiger partial charge in [-0.15, -0.1) is 0 Å². The summed E-state index contributed by atoms with van der Waals surface area (Å²) in [6.07, 6.45) is 6.14. The van der Waals surface area contributed by atoms with Crippen LogP contribution in [-0.4, -0.2) is 20.5 Å². The van der Waals surface area contributed by atoms with Crippen molar-refractivity contribution in [3.63, 3.8) is 0 Å². The number of allylic oxidation sites excluding steroid dienone is 2. The summed E-state index contributed by atoms with van der Waals surface area (Å²) in [6.45, 7) is 2.82. The molecule has 0 aromatic carbocycles. The van der Waals surface area contributed by atoms with E-state index < -0.39 is 0 Å². The number of hydrogen-bond acceptors (Lipinski definition) is 3. The number of ether oxygens (including phenoxy) is 1. The minimum absolute atomic E-state index is 0.198. The standard InChI is InChI=1S/C8H16O3/c1-3-4-5-6-7-10-11-8-9-2/h3-4H,5-8H2,1-2H3/b4-3+. The molecule has 3 heteroatoms. The number of methoxy groups -OCH3 is 1. The van der Waals surface area contributed by atoms with Crippen LogP contribution >= 0.6 is 0 Å². The molecule has 0 aliphatic heterocycles. The molecule has 0 aliphatic rings. The van der Waals surface area contributed by atoms with Gasteiger partial charge in [-0.1, -0.05) is 12.2 Å². The fraction of sp³-hybridized carbons (Fsp3) is 0.750. The molecule has 0 bridgehead atoms. The van der Waals surface area contributed by atoms with Gasteiger partial charge in [0.05, 0.1) is 6.61 Å². The fourth-order valence-electron chi connectivity index (χ4n) is 0.568. The van der Waals surface area contributed by atoms with Crippen molar-refractivity contribution in [2.75, 3.05) is 20.5 Å². The molecule has 0 spiro atoms. The predicted octanol–water partition coefficient (Wildman–Crippen LogP) is 1.89. The van der Waals surface area contributed by atoms with E-state index in [0.717, 1.165) is 12.8 Å². The largest absolute Gasteiger partial charge is 0.355 e. The summed E-state index contributed by atoms with van der Waals surface area (Å²) in [4.78, 5) is 9.38. The van der Waals surface area contributed by atoms with Crippen LogP contribution in [0.4, 0.5) is 0 Å². The van der Waals surface area contributed by atoms with Crippen LogP contribution < -0.4 is 0 Å². The Morgan fingerprint density at radius 2 is 2.09 bits per heavy atom. The molecule has 0 heterocycles. The maximum absolute atomic E-state index is 4.76. The zero-order valence-electron chi connectivity index (χ0n) is 7.21. The van der Waals surface area contributed by atoms with Crippen LogP contribution in [0.25, 0.3) is 0 Å². The Labute approximate surface area is 67.9 Å². The summed E-state index contributed by atoms with van der Waals surface area (Å²) in [5.41, 5.74) is 0. The quantitative estimate of drug-likeness (QED) is 0.187. The van der Waals surface area contributed by atoms with Crippen molar-refractivity contribution in [1.82, 2.24) is 0 Å². The highest BCUT2D eigenvalue weighted by Crippen LogP contribution is 1.92. The minimum Gasteiger partial charge on any atom is -0.355 e. The van der Waals surface area contributed by atoms with Gasteiger partial charge in [0.1, 0.15) is 0 Å². The highest BCUT2D eigenvalue weighted by molar-refractivity contribution is 4.75. The number of rotatable bonds is 7. The van der Waals surface area contributed by atoms with Crippen LogP contribution in [0.5, 0.6) is 0 Å². The van der Waals surface area contributed by atoms with Crippen LogP contribution in [-0.2, 0) is 14.5 Å². The molecule has 3 nitrogen and oxygen atoms in total. The molecule has 0 aromatic heterocycles. The highest BCUT2D eigenvalue weighted by Gasteiger charge is 1.86. The van der Waals surface area contributed by atoms with E-state index in [1.807, 2.05) is 13.0 Å². The third-order valence-corrected chi connectivity index (χ3v) is 1.08. The van der Waals surface area contributed by atoms with E-state index in [9.17, 15) is 0 Å². The maximum atomic E-state index is 4.76. The molecule has 0 saturated carbocycles. The molecular formula is C8H16O3. The highest BCUT2D eigenvalue weighted by atomic mass is 17.2. The van der Waals surface area contributed by atoms with Crippen molar-refractivity contribution < 1.29 is 14.5 Å². The summed E-state index contributed by atoms with van der Waals surface area (Å²) in [5.74, 6) is 0. The Morgan fingerprint density at radius 1 is 1.27 bits per heavy atom. The Kier molecular flexibility index (Phi) is 9.29. The molecule has 0 amide bonds. The maximum Gasteiger partial charge on any atom is 0.180 e. The molecule has 0 atom stereocenters. The Balaban J connectivity index is 2.79. The van der Waals surface area contributed by atoms with Crippen molar-refractivity contribution in [1.29, 1.82) is 0 Å². The van der Waals surface area contributed by atoms with Gasteiger partial charge in [-0.2, -0.15) is 0 Å². The van der Waals surface area contributed by atoms with Gasteiger partial charge in [-0.3, -0.25) is 0 Å². The smallest absolute Gasteiger partial charge is 0.180 e. The van der Waals surface area contributed by atoms with Gasteiger partial charge >= 0.3 is 0 Å². The average Bonchev–Trinajstić information content (AvgIpc) is 2.03. The second kappa shape index (κ2) is 9.62. The second-order valence-corrected chi connectivity index (χ2v) is 2.06. The topological polar surface area (TPSA) is 27.7 Å². The third-order valence-electron chi connectivity index (χ3n) is 1.08. The molecule has 0 N–H and O–H groups in total. The molecule has 0 radical (unpaired) electrons. The average molecular weight is 160 g/mol. The molecular weight excluding hydrogens is 144 g/mol. The monoisotopic (exact) mass is 160 g/mol. The van der Waals surface area contributed by atoms with Crippen LogP contribution in [0, 0.1) is 0 Å². The second-order valence-electron chi connectivity index (χ2n) is 2.06. The van der Waals surface area contributed by atoms with Gasteiger partial charge in [-0.05, 0) is 19.8 Å². The van der Waals surface area contributed by atoms with Crippen LogP contribution in [0.15, 0.2) is 12.2 Å². The van der Waals surface area contributed by atoms with E-state index in [2.05, 4.69) is 15.7 Å². The summed E-state index contributed by atoms with van der Waals surface area (Å²) in [5, 5.41) is 0. The van der Waals surface area contributed by atoms with Gasteiger partial charge in [-0.25, -0.2) is 9.78 Å². The van der Waals surface area contributed by atoms with Crippen LogP contribution in [0.1, 0.15) is 19.8 Å². The molecule has 11 heavy (non-hydrogen) atoms. The van der Waals surface area contributed by atoms with E-state index in [1.54, 1.807) is 7.11 Å². The molecule has 0 aliphatic carbocycles. The lowest BCUT2D eigenvalue weighted by Gasteiger charge is -2.00. The first-order valence-corrected chi connectivity index (χ1v) is 3.76. The van der Waals surface area contributed by atoms with Gasteiger partial charge < -0.3 is 4.74 Å². The van der Waals surface area contributed by atoms with E-state index in [0.29, 0.717) is 6.61 Å². The van der Waals surface area contributed by atoms with Crippen LogP contribution in [0.2, 0.25) is 0 Å². The first-order valence-electron chi connectivity index (χ1n) is 3.76. The van der Waals surface area contributed by atoms with E-state index in [4.69, 9.17) is 4.89 Å². The Bertz CT molecular complexity index is 91.3.